The van der Waals surface area contributed by atoms with E-state index in [0.29, 0.717) is 5.02 Å². The number of nitrogens with zero attached hydrogens (tertiary/aromatic N) is 1. The first-order chi connectivity index (χ1) is 8.24. The second kappa shape index (κ2) is 4.17. The fourth-order valence-electron chi connectivity index (χ4n) is 1.77. The highest BCUT2D eigenvalue weighted by Crippen LogP contribution is 2.26. The van der Waals surface area contributed by atoms with E-state index >= 15 is 0 Å². The summed E-state index contributed by atoms with van der Waals surface area (Å²) in [5.74, 6) is 0.828. The van der Waals surface area contributed by atoms with Crippen LogP contribution in [0.15, 0.2) is 46.9 Å². The molecule has 0 aliphatic carbocycles. The Balaban J connectivity index is 2.22. The molecule has 3 aromatic rings. The van der Waals surface area contributed by atoms with Gasteiger partial charge in [0.2, 0.25) is 0 Å². The minimum atomic E-state index is 0.710. The van der Waals surface area contributed by atoms with Gasteiger partial charge < -0.3 is 4.98 Å². The zero-order valence-electron chi connectivity index (χ0n) is 8.74. The molecule has 0 aliphatic rings. The maximum atomic E-state index is 5.97. The molecule has 0 aliphatic heterocycles. The number of hydrogen-bond donors (Lipinski definition) is 1. The molecule has 0 saturated carbocycles. The van der Waals surface area contributed by atoms with Gasteiger partial charge in [-0.1, -0.05) is 29.8 Å². The number of aromatic nitrogens is 2. The number of fused-ring (bicyclic) bond motifs is 1. The van der Waals surface area contributed by atoms with Gasteiger partial charge in [0.05, 0.1) is 5.52 Å². The lowest BCUT2D eigenvalue weighted by molar-refractivity contribution is 1.33. The predicted octanol–water partition coefficient (Wildman–Crippen LogP) is 4.65. The van der Waals surface area contributed by atoms with Crippen molar-refractivity contribution in [3.8, 4) is 11.4 Å². The van der Waals surface area contributed by atoms with Gasteiger partial charge in [-0.05, 0) is 40.2 Å². The fraction of sp³-hybridized carbons (Fsp3) is 0. The maximum Gasteiger partial charge on any atom is 0.138 e. The first kappa shape index (κ1) is 10.8. The Morgan fingerprint density at radius 3 is 2.71 bits per heavy atom. The Labute approximate surface area is 112 Å². The van der Waals surface area contributed by atoms with Crippen LogP contribution in [-0.2, 0) is 0 Å². The number of rotatable bonds is 1. The number of hydrogen-bond acceptors (Lipinski definition) is 1. The molecule has 1 aromatic heterocycles. The molecule has 17 heavy (non-hydrogen) atoms. The zero-order chi connectivity index (χ0) is 11.8. The molecule has 1 N–H and O–H groups in total. The third-order valence-electron chi connectivity index (χ3n) is 2.56. The van der Waals surface area contributed by atoms with Gasteiger partial charge >= 0.3 is 0 Å². The van der Waals surface area contributed by atoms with E-state index in [-0.39, 0.29) is 0 Å². The molecule has 0 saturated heterocycles. The smallest absolute Gasteiger partial charge is 0.138 e. The minimum absolute atomic E-state index is 0.710. The van der Waals surface area contributed by atoms with E-state index in [1.54, 1.807) is 0 Å². The van der Waals surface area contributed by atoms with Crippen LogP contribution in [0.4, 0.5) is 0 Å². The summed E-state index contributed by atoms with van der Waals surface area (Å²) in [7, 11) is 0. The summed E-state index contributed by atoms with van der Waals surface area (Å²) in [6.45, 7) is 0. The Bertz CT molecular complexity index is 691. The first-order valence-electron chi connectivity index (χ1n) is 5.14. The highest BCUT2D eigenvalue weighted by Gasteiger charge is 2.07. The van der Waals surface area contributed by atoms with Crippen LogP contribution in [0.25, 0.3) is 22.4 Å². The number of imidazole rings is 1. The van der Waals surface area contributed by atoms with Gasteiger partial charge in [0.1, 0.15) is 11.3 Å². The minimum Gasteiger partial charge on any atom is -0.338 e. The van der Waals surface area contributed by atoms with E-state index in [1.807, 2.05) is 42.5 Å². The third-order valence-corrected chi connectivity index (χ3v) is 3.44. The van der Waals surface area contributed by atoms with E-state index in [0.717, 1.165) is 26.9 Å². The van der Waals surface area contributed by atoms with Gasteiger partial charge in [-0.3, -0.25) is 0 Å². The molecular weight excluding hydrogens is 300 g/mol. The van der Waals surface area contributed by atoms with Gasteiger partial charge in [-0.15, -0.1) is 0 Å². The largest absolute Gasteiger partial charge is 0.338 e. The van der Waals surface area contributed by atoms with E-state index in [9.17, 15) is 0 Å². The molecule has 1 heterocycles. The van der Waals surface area contributed by atoms with Crippen molar-refractivity contribution in [2.24, 2.45) is 0 Å². The van der Waals surface area contributed by atoms with Crippen LogP contribution in [0.5, 0.6) is 0 Å². The summed E-state index contributed by atoms with van der Waals surface area (Å²) in [6.07, 6.45) is 0. The standard InChI is InChI=1S/C13H8BrClN2/c14-10-5-2-6-11-12(10)17-13(16-11)8-3-1-4-9(15)7-8/h1-7H,(H,16,17). The van der Waals surface area contributed by atoms with E-state index in [2.05, 4.69) is 25.9 Å². The predicted molar refractivity (Wildman–Crippen MR) is 74.2 cm³/mol. The van der Waals surface area contributed by atoms with Crippen molar-refractivity contribution >= 4 is 38.6 Å². The number of para-hydroxylation sites is 1. The summed E-state index contributed by atoms with van der Waals surface area (Å²) < 4.78 is 0.986. The first-order valence-corrected chi connectivity index (χ1v) is 6.31. The number of H-pyrrole nitrogens is 1. The molecule has 4 heteroatoms. The topological polar surface area (TPSA) is 28.7 Å². The Morgan fingerprint density at radius 1 is 1.12 bits per heavy atom. The van der Waals surface area contributed by atoms with Crippen molar-refractivity contribution < 1.29 is 0 Å². The van der Waals surface area contributed by atoms with Crippen LogP contribution in [0.3, 0.4) is 0 Å². The highest BCUT2D eigenvalue weighted by molar-refractivity contribution is 9.10. The summed E-state index contributed by atoms with van der Waals surface area (Å²) in [6, 6.07) is 13.6. The van der Waals surface area contributed by atoms with Crippen molar-refractivity contribution in [1.82, 2.24) is 9.97 Å². The van der Waals surface area contributed by atoms with E-state index < -0.39 is 0 Å². The average molecular weight is 308 g/mol. The fourth-order valence-corrected chi connectivity index (χ4v) is 2.41. The summed E-state index contributed by atoms with van der Waals surface area (Å²) in [5.41, 5.74) is 2.93. The normalized spacial score (nSPS) is 10.9. The van der Waals surface area contributed by atoms with E-state index in [1.165, 1.54) is 0 Å². The van der Waals surface area contributed by atoms with Crippen LogP contribution < -0.4 is 0 Å². The summed E-state index contributed by atoms with van der Waals surface area (Å²) in [5, 5.41) is 0.710. The average Bonchev–Trinajstić information content (AvgIpc) is 2.74. The molecule has 0 fully saturated rings. The molecule has 84 valence electrons. The monoisotopic (exact) mass is 306 g/mol. The Kier molecular flexibility index (Phi) is 2.65. The molecule has 0 bridgehead atoms. The van der Waals surface area contributed by atoms with Crippen molar-refractivity contribution in [1.29, 1.82) is 0 Å². The molecule has 0 atom stereocenters. The van der Waals surface area contributed by atoms with E-state index in [4.69, 9.17) is 11.6 Å². The summed E-state index contributed by atoms with van der Waals surface area (Å²) >= 11 is 9.46. The Morgan fingerprint density at radius 2 is 1.94 bits per heavy atom. The van der Waals surface area contributed by atoms with Gasteiger partial charge in [-0.2, -0.15) is 0 Å². The van der Waals surface area contributed by atoms with Crippen molar-refractivity contribution in [2.45, 2.75) is 0 Å². The Hall–Kier alpha value is -1.32. The lowest BCUT2D eigenvalue weighted by atomic mass is 10.2. The number of halogens is 2. The van der Waals surface area contributed by atoms with Crippen molar-refractivity contribution in [2.75, 3.05) is 0 Å². The van der Waals surface area contributed by atoms with Crippen LogP contribution in [-0.4, -0.2) is 9.97 Å². The number of nitrogens with one attached hydrogen (secondary N) is 1. The van der Waals surface area contributed by atoms with Crippen LogP contribution in [0, 0.1) is 0 Å². The van der Waals surface area contributed by atoms with Gasteiger partial charge in [0.15, 0.2) is 0 Å². The second-order valence-electron chi connectivity index (χ2n) is 3.73. The summed E-state index contributed by atoms with van der Waals surface area (Å²) in [4.78, 5) is 7.84. The van der Waals surface area contributed by atoms with Crippen LogP contribution in [0.2, 0.25) is 5.02 Å². The van der Waals surface area contributed by atoms with Crippen molar-refractivity contribution in [3.05, 3.63) is 52.0 Å². The molecule has 2 aromatic carbocycles. The molecule has 0 radical (unpaired) electrons. The second-order valence-corrected chi connectivity index (χ2v) is 5.02. The molecule has 3 rings (SSSR count). The van der Waals surface area contributed by atoms with Gasteiger partial charge in [0.25, 0.3) is 0 Å². The molecular formula is C13H8BrClN2. The highest BCUT2D eigenvalue weighted by atomic mass is 79.9. The lowest BCUT2D eigenvalue weighted by Crippen LogP contribution is -1.79. The maximum absolute atomic E-state index is 5.97. The number of benzene rings is 2. The van der Waals surface area contributed by atoms with Crippen molar-refractivity contribution in [3.63, 3.8) is 0 Å². The number of aromatic amines is 1. The quantitative estimate of drug-likeness (QED) is 0.697. The zero-order valence-corrected chi connectivity index (χ0v) is 11.1. The molecule has 2 nitrogen and oxygen atoms in total. The molecule has 0 spiro atoms. The van der Waals surface area contributed by atoms with Crippen LogP contribution in [0.1, 0.15) is 0 Å². The SMILES string of the molecule is Clc1cccc(-c2nc3c(Br)cccc3[nH]2)c1. The van der Waals surface area contributed by atoms with Gasteiger partial charge in [-0.25, -0.2) is 4.98 Å². The molecule has 0 unspecified atom stereocenters. The lowest BCUT2D eigenvalue weighted by Gasteiger charge is -1.96. The third kappa shape index (κ3) is 1.96. The van der Waals surface area contributed by atoms with Gasteiger partial charge in [0, 0.05) is 15.1 Å². The van der Waals surface area contributed by atoms with Crippen LogP contribution >= 0.6 is 27.5 Å². The molecule has 0 amide bonds.